The van der Waals surface area contributed by atoms with E-state index in [4.69, 9.17) is 0 Å². The Kier molecular flexibility index (Phi) is 4.35. The lowest BCUT2D eigenvalue weighted by Gasteiger charge is -2.34. The second-order valence-electron chi connectivity index (χ2n) is 5.64. The quantitative estimate of drug-likeness (QED) is 0.845. The molecule has 0 spiro atoms. The van der Waals surface area contributed by atoms with Crippen molar-refractivity contribution in [2.75, 3.05) is 0 Å². The Morgan fingerprint density at radius 2 is 2.12 bits per heavy atom. The fraction of sp³-hybridized carbons (Fsp3) is 0.312. The van der Waals surface area contributed by atoms with Crippen molar-refractivity contribution in [1.29, 1.82) is 0 Å². The van der Waals surface area contributed by atoms with E-state index >= 15 is 0 Å². The van der Waals surface area contributed by atoms with Crippen molar-refractivity contribution in [3.8, 4) is 0 Å². The minimum absolute atomic E-state index is 0.00512. The van der Waals surface area contributed by atoms with Gasteiger partial charge in [0.2, 0.25) is 0 Å². The fourth-order valence-electron chi connectivity index (χ4n) is 2.85. The van der Waals surface area contributed by atoms with Crippen LogP contribution in [0.5, 0.6) is 0 Å². The molecular formula is C16H13F4NO2S. The Balaban J connectivity index is 1.86. The summed E-state index contributed by atoms with van der Waals surface area (Å²) in [6.07, 6.45) is -4.42. The molecule has 1 unspecified atom stereocenters. The van der Waals surface area contributed by atoms with Crippen molar-refractivity contribution in [3.05, 3.63) is 57.0 Å². The zero-order chi connectivity index (χ0) is 17.5. The molecule has 1 aromatic heterocycles. The van der Waals surface area contributed by atoms with Crippen LogP contribution in [-0.4, -0.2) is 22.0 Å². The average Bonchev–Trinajstić information content (AvgIpc) is 2.95. The van der Waals surface area contributed by atoms with E-state index in [1.54, 1.807) is 17.0 Å². The van der Waals surface area contributed by atoms with Crippen LogP contribution in [0.3, 0.4) is 0 Å². The van der Waals surface area contributed by atoms with E-state index in [1.807, 2.05) is 0 Å². The molecule has 24 heavy (non-hydrogen) atoms. The zero-order valence-corrected chi connectivity index (χ0v) is 13.1. The lowest BCUT2D eigenvalue weighted by atomic mass is 9.93. The van der Waals surface area contributed by atoms with E-state index < -0.39 is 29.6 Å². The number of rotatable bonds is 3. The maximum atomic E-state index is 13.9. The van der Waals surface area contributed by atoms with E-state index in [1.165, 1.54) is 6.07 Å². The number of carboxylic acid groups (broad SMARTS) is 1. The van der Waals surface area contributed by atoms with E-state index in [0.717, 1.165) is 22.8 Å². The van der Waals surface area contributed by atoms with Crippen LogP contribution in [0.4, 0.5) is 17.6 Å². The van der Waals surface area contributed by atoms with Crippen LogP contribution in [0.25, 0.3) is 0 Å². The normalized spacial score (nSPS) is 18.4. The number of hydrogen-bond donors (Lipinski definition) is 1. The molecule has 2 aromatic rings. The van der Waals surface area contributed by atoms with Crippen molar-refractivity contribution >= 4 is 17.3 Å². The van der Waals surface area contributed by atoms with Gasteiger partial charge in [-0.15, -0.1) is 11.3 Å². The Morgan fingerprint density at radius 1 is 1.38 bits per heavy atom. The molecule has 3 nitrogen and oxygen atoms in total. The van der Waals surface area contributed by atoms with Gasteiger partial charge in [0.05, 0.1) is 5.56 Å². The molecule has 0 fully saturated rings. The molecular weight excluding hydrogens is 346 g/mol. The summed E-state index contributed by atoms with van der Waals surface area (Å²) in [6, 6.07) is 4.60. The van der Waals surface area contributed by atoms with Gasteiger partial charge in [0.15, 0.2) is 0 Å². The molecule has 0 radical (unpaired) electrons. The van der Waals surface area contributed by atoms with E-state index in [-0.39, 0.29) is 19.5 Å². The second-order valence-corrected chi connectivity index (χ2v) is 6.64. The molecule has 0 aliphatic carbocycles. The summed E-state index contributed by atoms with van der Waals surface area (Å²) in [6.45, 7) is 0.261. The highest BCUT2D eigenvalue weighted by atomic mass is 32.1. The van der Waals surface area contributed by atoms with Gasteiger partial charge in [0.25, 0.3) is 0 Å². The number of carbonyl (C=O) groups is 1. The fourth-order valence-corrected chi connectivity index (χ4v) is 3.77. The predicted octanol–water partition coefficient (Wildman–Crippen LogP) is 3.92. The smallest absolute Gasteiger partial charge is 0.417 e. The van der Waals surface area contributed by atoms with Gasteiger partial charge in [-0.25, -0.2) is 4.39 Å². The molecule has 1 aliphatic heterocycles. The highest BCUT2D eigenvalue weighted by Crippen LogP contribution is 2.34. The summed E-state index contributed by atoms with van der Waals surface area (Å²) >= 11 is 0.940. The molecule has 0 bridgehead atoms. The van der Waals surface area contributed by atoms with Crippen LogP contribution in [0.15, 0.2) is 29.6 Å². The van der Waals surface area contributed by atoms with Crippen LogP contribution >= 0.6 is 11.3 Å². The number of nitrogens with zero attached hydrogens (tertiary/aromatic N) is 1. The third kappa shape index (κ3) is 3.29. The largest absolute Gasteiger partial charge is 0.480 e. The SMILES string of the molecule is O=C(O)C1Cc2c(F)cccc2CN1Cc1cc(C(F)(F)F)cs1. The summed E-state index contributed by atoms with van der Waals surface area (Å²) in [5.74, 6) is -1.56. The van der Waals surface area contributed by atoms with Gasteiger partial charge in [0, 0.05) is 29.8 Å². The third-order valence-corrected chi connectivity index (χ3v) is 4.97. The first kappa shape index (κ1) is 16.9. The number of aliphatic carboxylic acids is 1. The number of alkyl halides is 3. The Morgan fingerprint density at radius 3 is 2.75 bits per heavy atom. The first-order valence-electron chi connectivity index (χ1n) is 7.13. The van der Waals surface area contributed by atoms with Crippen LogP contribution in [-0.2, 0) is 30.5 Å². The van der Waals surface area contributed by atoms with E-state index in [9.17, 15) is 27.5 Å². The van der Waals surface area contributed by atoms with Gasteiger partial charge in [-0.2, -0.15) is 13.2 Å². The number of fused-ring (bicyclic) bond motifs is 1. The Hall–Kier alpha value is -1.93. The van der Waals surface area contributed by atoms with Crippen molar-refractivity contribution in [2.45, 2.75) is 31.7 Å². The lowest BCUT2D eigenvalue weighted by molar-refractivity contribution is -0.144. The molecule has 0 amide bonds. The van der Waals surface area contributed by atoms with Crippen LogP contribution in [0.1, 0.15) is 21.6 Å². The van der Waals surface area contributed by atoms with Gasteiger partial charge in [0.1, 0.15) is 11.9 Å². The number of halogens is 4. The molecule has 3 rings (SSSR count). The summed E-state index contributed by atoms with van der Waals surface area (Å²) in [4.78, 5) is 13.5. The monoisotopic (exact) mass is 359 g/mol. The predicted molar refractivity (Wildman–Crippen MR) is 80.1 cm³/mol. The first-order valence-corrected chi connectivity index (χ1v) is 8.01. The minimum Gasteiger partial charge on any atom is -0.480 e. The first-order chi connectivity index (χ1) is 11.3. The topological polar surface area (TPSA) is 40.5 Å². The van der Waals surface area contributed by atoms with Crippen LogP contribution in [0.2, 0.25) is 0 Å². The van der Waals surface area contributed by atoms with Crippen molar-refractivity contribution < 1.29 is 27.5 Å². The molecule has 8 heteroatoms. The Bertz CT molecular complexity index is 772. The molecule has 0 saturated carbocycles. The molecule has 2 heterocycles. The van der Waals surface area contributed by atoms with Crippen LogP contribution in [0, 0.1) is 5.82 Å². The third-order valence-electron chi connectivity index (χ3n) is 4.05. The average molecular weight is 359 g/mol. The maximum absolute atomic E-state index is 13.9. The zero-order valence-electron chi connectivity index (χ0n) is 12.3. The van der Waals surface area contributed by atoms with Gasteiger partial charge in [-0.3, -0.25) is 9.69 Å². The van der Waals surface area contributed by atoms with E-state index in [2.05, 4.69) is 0 Å². The number of carboxylic acids is 1. The summed E-state index contributed by atoms with van der Waals surface area (Å²) < 4.78 is 51.9. The van der Waals surface area contributed by atoms with Gasteiger partial charge in [-0.05, 0) is 23.3 Å². The van der Waals surface area contributed by atoms with Gasteiger partial charge < -0.3 is 5.11 Å². The molecule has 128 valence electrons. The highest BCUT2D eigenvalue weighted by Gasteiger charge is 2.35. The molecule has 1 aromatic carbocycles. The van der Waals surface area contributed by atoms with Crippen molar-refractivity contribution in [1.82, 2.24) is 4.90 Å². The summed E-state index contributed by atoms with van der Waals surface area (Å²) in [7, 11) is 0. The van der Waals surface area contributed by atoms with E-state index in [0.29, 0.717) is 16.0 Å². The molecule has 1 N–H and O–H groups in total. The standard InChI is InChI=1S/C16H13F4NO2S/c17-13-3-1-2-9-6-21(14(15(22)23)5-12(9)13)7-11-4-10(8-24-11)16(18,19)20/h1-4,8,14H,5-7H2,(H,22,23). The second kappa shape index (κ2) is 6.18. The number of hydrogen-bond acceptors (Lipinski definition) is 3. The highest BCUT2D eigenvalue weighted by molar-refractivity contribution is 7.10. The van der Waals surface area contributed by atoms with Crippen molar-refractivity contribution in [2.24, 2.45) is 0 Å². The lowest BCUT2D eigenvalue weighted by Crippen LogP contribution is -2.45. The number of thiophene rings is 1. The summed E-state index contributed by atoms with van der Waals surface area (Å²) in [5, 5.41) is 10.4. The molecule has 1 atom stereocenters. The van der Waals surface area contributed by atoms with Crippen molar-refractivity contribution in [3.63, 3.8) is 0 Å². The minimum atomic E-state index is -4.42. The Labute approximate surface area is 139 Å². The van der Waals surface area contributed by atoms with Gasteiger partial charge in [-0.1, -0.05) is 12.1 Å². The number of benzene rings is 1. The van der Waals surface area contributed by atoms with Gasteiger partial charge >= 0.3 is 12.1 Å². The van der Waals surface area contributed by atoms with Crippen LogP contribution < -0.4 is 0 Å². The maximum Gasteiger partial charge on any atom is 0.417 e. The summed E-state index contributed by atoms with van der Waals surface area (Å²) in [5.41, 5.74) is 0.293. The molecule has 1 aliphatic rings. The molecule has 0 saturated heterocycles.